The molecule has 0 aliphatic heterocycles. The highest BCUT2D eigenvalue weighted by Crippen LogP contribution is 2.25. The lowest BCUT2D eigenvalue weighted by Gasteiger charge is -2.14. The van der Waals surface area contributed by atoms with Gasteiger partial charge < -0.3 is 11.2 Å². The van der Waals surface area contributed by atoms with Gasteiger partial charge in [0.1, 0.15) is 0 Å². The summed E-state index contributed by atoms with van der Waals surface area (Å²) in [5.74, 6) is 6.71. The number of amides is 1. The molecule has 0 saturated heterocycles. The lowest BCUT2D eigenvalue weighted by molar-refractivity contribution is -0.119. The summed E-state index contributed by atoms with van der Waals surface area (Å²) in [6.45, 7) is 1.92. The highest BCUT2D eigenvalue weighted by Gasteiger charge is 2.15. The number of hydrogen-bond acceptors (Lipinski definition) is 6. The fraction of sp³-hybridized carbons (Fsp3) is 0.188. The van der Waals surface area contributed by atoms with Gasteiger partial charge in [-0.3, -0.25) is 4.79 Å². The number of nitrogens with one attached hydrogen (secondary N) is 1. The molecule has 130 valence electrons. The third-order valence-corrected chi connectivity index (χ3v) is 5.55. The molecule has 9 heteroatoms. The van der Waals surface area contributed by atoms with Gasteiger partial charge in [-0.15, -0.1) is 21.5 Å². The van der Waals surface area contributed by atoms with Crippen molar-refractivity contribution in [3.63, 3.8) is 0 Å². The Morgan fingerprint density at radius 3 is 2.80 bits per heavy atom. The van der Waals surface area contributed by atoms with Gasteiger partial charge in [-0.1, -0.05) is 41.6 Å². The van der Waals surface area contributed by atoms with E-state index in [0.29, 0.717) is 16.0 Å². The SMILES string of the molecule is CC(NC(=O)CSc1nnc(-c2cccs2)n1N)c1ccc(Cl)cc1. The molecule has 0 aliphatic rings. The maximum absolute atomic E-state index is 12.2. The van der Waals surface area contributed by atoms with E-state index in [2.05, 4.69) is 15.5 Å². The smallest absolute Gasteiger partial charge is 0.230 e. The molecule has 2 heterocycles. The molecule has 1 aromatic carbocycles. The topological polar surface area (TPSA) is 85.8 Å². The Hall–Kier alpha value is -2.03. The first-order valence-electron chi connectivity index (χ1n) is 7.46. The minimum atomic E-state index is -0.109. The van der Waals surface area contributed by atoms with Crippen LogP contribution in [0.5, 0.6) is 0 Å². The highest BCUT2D eigenvalue weighted by atomic mass is 35.5. The van der Waals surface area contributed by atoms with Crippen molar-refractivity contribution < 1.29 is 4.79 Å². The third kappa shape index (κ3) is 4.33. The molecule has 0 aliphatic carbocycles. The van der Waals surface area contributed by atoms with Gasteiger partial charge in [0.2, 0.25) is 11.1 Å². The van der Waals surface area contributed by atoms with Crippen LogP contribution in [0.4, 0.5) is 0 Å². The van der Waals surface area contributed by atoms with Gasteiger partial charge in [-0.05, 0) is 36.1 Å². The Kier molecular flexibility index (Phi) is 5.62. The molecule has 0 radical (unpaired) electrons. The zero-order valence-corrected chi connectivity index (χ0v) is 15.7. The van der Waals surface area contributed by atoms with Crippen molar-refractivity contribution in [2.75, 3.05) is 11.6 Å². The van der Waals surface area contributed by atoms with E-state index in [9.17, 15) is 4.79 Å². The molecule has 3 N–H and O–H groups in total. The van der Waals surface area contributed by atoms with Gasteiger partial charge >= 0.3 is 0 Å². The second-order valence-electron chi connectivity index (χ2n) is 5.28. The van der Waals surface area contributed by atoms with Crippen LogP contribution >= 0.6 is 34.7 Å². The minimum Gasteiger partial charge on any atom is -0.349 e. The normalized spacial score (nSPS) is 12.1. The molecule has 2 aromatic heterocycles. The summed E-state index contributed by atoms with van der Waals surface area (Å²) >= 11 is 8.66. The second kappa shape index (κ2) is 7.90. The average molecular weight is 394 g/mol. The Bertz CT molecular complexity index is 848. The van der Waals surface area contributed by atoms with E-state index in [1.165, 1.54) is 27.8 Å². The Labute approximate surface area is 158 Å². The molecule has 0 spiro atoms. The number of benzene rings is 1. The van der Waals surface area contributed by atoms with Crippen LogP contribution in [-0.4, -0.2) is 26.5 Å². The number of hydrogen-bond donors (Lipinski definition) is 2. The number of nitrogen functional groups attached to an aromatic ring is 1. The van der Waals surface area contributed by atoms with Crippen LogP contribution in [0.15, 0.2) is 46.9 Å². The Balaban J connectivity index is 1.56. The van der Waals surface area contributed by atoms with Crippen LogP contribution < -0.4 is 11.2 Å². The van der Waals surface area contributed by atoms with E-state index >= 15 is 0 Å². The van der Waals surface area contributed by atoms with E-state index in [0.717, 1.165) is 10.4 Å². The van der Waals surface area contributed by atoms with Crippen molar-refractivity contribution in [2.24, 2.45) is 0 Å². The maximum Gasteiger partial charge on any atom is 0.230 e. The number of thiophene rings is 1. The van der Waals surface area contributed by atoms with Crippen LogP contribution in [0.2, 0.25) is 5.02 Å². The first-order valence-corrected chi connectivity index (χ1v) is 9.71. The molecule has 3 rings (SSSR count). The molecule has 0 saturated carbocycles. The fourth-order valence-corrected chi connectivity index (χ4v) is 3.70. The zero-order chi connectivity index (χ0) is 17.8. The summed E-state index contributed by atoms with van der Waals surface area (Å²) in [4.78, 5) is 13.1. The van der Waals surface area contributed by atoms with E-state index in [1.54, 1.807) is 12.1 Å². The lowest BCUT2D eigenvalue weighted by atomic mass is 10.1. The van der Waals surface area contributed by atoms with Gasteiger partial charge in [-0.2, -0.15) is 0 Å². The molecule has 25 heavy (non-hydrogen) atoms. The monoisotopic (exact) mass is 393 g/mol. The largest absolute Gasteiger partial charge is 0.349 e. The molecular formula is C16H16ClN5OS2. The van der Waals surface area contributed by atoms with Crippen LogP contribution in [0.3, 0.4) is 0 Å². The van der Waals surface area contributed by atoms with Crippen LogP contribution in [0.25, 0.3) is 10.7 Å². The molecule has 6 nitrogen and oxygen atoms in total. The maximum atomic E-state index is 12.2. The molecule has 0 bridgehead atoms. The summed E-state index contributed by atoms with van der Waals surface area (Å²) in [7, 11) is 0. The average Bonchev–Trinajstić information content (AvgIpc) is 3.23. The first-order chi connectivity index (χ1) is 12.0. The van der Waals surface area contributed by atoms with Crippen LogP contribution in [0, 0.1) is 0 Å². The van der Waals surface area contributed by atoms with E-state index in [4.69, 9.17) is 17.4 Å². The van der Waals surface area contributed by atoms with Crippen molar-refractivity contribution >= 4 is 40.6 Å². The molecule has 1 unspecified atom stereocenters. The number of nitrogens with zero attached hydrogens (tertiary/aromatic N) is 3. The Morgan fingerprint density at radius 1 is 1.36 bits per heavy atom. The van der Waals surface area contributed by atoms with Crippen molar-refractivity contribution in [2.45, 2.75) is 18.1 Å². The van der Waals surface area contributed by atoms with Crippen molar-refractivity contribution in [1.82, 2.24) is 20.2 Å². The number of aromatic nitrogens is 3. The highest BCUT2D eigenvalue weighted by molar-refractivity contribution is 7.99. The summed E-state index contributed by atoms with van der Waals surface area (Å²) in [5, 5.41) is 14.2. The number of carbonyl (C=O) groups is 1. The summed E-state index contributed by atoms with van der Waals surface area (Å²) in [6, 6.07) is 11.1. The van der Waals surface area contributed by atoms with E-state index < -0.39 is 0 Å². The lowest BCUT2D eigenvalue weighted by Crippen LogP contribution is -2.28. The van der Waals surface area contributed by atoms with Gasteiger partial charge in [0.15, 0.2) is 5.82 Å². The summed E-state index contributed by atoms with van der Waals surface area (Å²) in [6.07, 6.45) is 0. The summed E-state index contributed by atoms with van der Waals surface area (Å²) in [5.41, 5.74) is 0.990. The summed E-state index contributed by atoms with van der Waals surface area (Å²) < 4.78 is 1.41. The van der Waals surface area contributed by atoms with Crippen LogP contribution in [0.1, 0.15) is 18.5 Å². The fourth-order valence-electron chi connectivity index (χ4n) is 2.20. The second-order valence-corrected chi connectivity index (χ2v) is 7.61. The number of nitrogens with two attached hydrogens (primary N) is 1. The standard InChI is InChI=1S/C16H16ClN5OS2/c1-10(11-4-6-12(17)7-5-11)19-14(23)9-25-16-21-20-15(22(16)18)13-3-2-8-24-13/h2-8,10H,9,18H2,1H3,(H,19,23). The molecule has 1 atom stereocenters. The molecule has 1 amide bonds. The number of rotatable bonds is 6. The van der Waals surface area contributed by atoms with Gasteiger partial charge in [0.25, 0.3) is 0 Å². The number of carbonyl (C=O) groups excluding carboxylic acids is 1. The van der Waals surface area contributed by atoms with Crippen molar-refractivity contribution in [3.05, 3.63) is 52.4 Å². The van der Waals surface area contributed by atoms with Crippen molar-refractivity contribution in [1.29, 1.82) is 0 Å². The number of halogens is 1. The van der Waals surface area contributed by atoms with Gasteiger partial charge in [0, 0.05) is 5.02 Å². The molecule has 0 fully saturated rings. The third-order valence-electron chi connectivity index (χ3n) is 3.49. The van der Waals surface area contributed by atoms with Crippen LogP contribution in [-0.2, 0) is 4.79 Å². The van der Waals surface area contributed by atoms with Crippen molar-refractivity contribution in [3.8, 4) is 10.7 Å². The predicted molar refractivity (Wildman–Crippen MR) is 102 cm³/mol. The number of thioether (sulfide) groups is 1. The zero-order valence-electron chi connectivity index (χ0n) is 13.3. The Morgan fingerprint density at radius 2 is 2.12 bits per heavy atom. The molecular weight excluding hydrogens is 378 g/mol. The molecule has 3 aromatic rings. The van der Waals surface area contributed by atoms with Gasteiger partial charge in [-0.25, -0.2) is 4.68 Å². The van der Waals surface area contributed by atoms with E-state index in [1.807, 2.05) is 36.6 Å². The van der Waals surface area contributed by atoms with E-state index in [-0.39, 0.29) is 17.7 Å². The predicted octanol–water partition coefficient (Wildman–Crippen LogP) is 3.34. The quantitative estimate of drug-likeness (QED) is 0.495. The van der Waals surface area contributed by atoms with Gasteiger partial charge in [0.05, 0.1) is 16.7 Å². The first kappa shape index (κ1) is 17.8. The minimum absolute atomic E-state index is 0.104.